The van der Waals surface area contributed by atoms with Crippen LogP contribution in [0.25, 0.3) is 0 Å². The first-order valence-corrected chi connectivity index (χ1v) is 4.39. The van der Waals surface area contributed by atoms with Crippen molar-refractivity contribution in [2.75, 3.05) is 0 Å². The van der Waals surface area contributed by atoms with E-state index in [0.29, 0.717) is 0 Å². The highest BCUT2D eigenvalue weighted by Gasteiger charge is 2.13. The van der Waals surface area contributed by atoms with Crippen molar-refractivity contribution >= 4 is 11.9 Å². The van der Waals surface area contributed by atoms with Gasteiger partial charge in [0.05, 0.1) is 6.54 Å². The first kappa shape index (κ1) is 12.8. The molecule has 1 rings (SSSR count). The molecule has 1 aromatic rings. The zero-order chi connectivity index (χ0) is 13.0. The van der Waals surface area contributed by atoms with Crippen molar-refractivity contribution in [2.45, 2.75) is 6.54 Å². The molecule has 0 aliphatic rings. The van der Waals surface area contributed by atoms with E-state index in [-0.39, 0.29) is 5.56 Å². The van der Waals surface area contributed by atoms with Gasteiger partial charge in [-0.15, -0.1) is 0 Å². The highest BCUT2D eigenvalue weighted by atomic mass is 19.1. The number of amidine groups is 1. The van der Waals surface area contributed by atoms with Crippen LogP contribution in [0.2, 0.25) is 0 Å². The highest BCUT2D eigenvalue weighted by molar-refractivity contribution is 5.95. The molecule has 0 aromatic heterocycles. The summed E-state index contributed by atoms with van der Waals surface area (Å²) in [6.07, 6.45) is -1.40. The number of hydrogen-bond donors (Lipinski definition) is 5. The molecule has 0 atom stereocenters. The van der Waals surface area contributed by atoms with Crippen LogP contribution in [0.3, 0.4) is 0 Å². The number of amides is 1. The van der Waals surface area contributed by atoms with E-state index in [0.717, 1.165) is 12.1 Å². The lowest BCUT2D eigenvalue weighted by molar-refractivity contribution is 0.193. The Labute approximate surface area is 94.3 Å². The number of hydroxylamine groups is 1. The van der Waals surface area contributed by atoms with E-state index in [1.54, 1.807) is 0 Å². The summed E-state index contributed by atoms with van der Waals surface area (Å²) >= 11 is 0. The fourth-order valence-electron chi connectivity index (χ4n) is 1.14. The molecule has 0 aliphatic carbocycles. The van der Waals surface area contributed by atoms with E-state index in [9.17, 15) is 13.6 Å². The molecule has 0 fully saturated rings. The maximum Gasteiger partial charge on any atom is 0.404 e. The van der Waals surface area contributed by atoms with Gasteiger partial charge in [0.1, 0.15) is 17.5 Å². The fourth-order valence-corrected chi connectivity index (χ4v) is 1.14. The average Bonchev–Trinajstić information content (AvgIpc) is 2.26. The predicted molar refractivity (Wildman–Crippen MR) is 53.0 cm³/mol. The largest absolute Gasteiger partial charge is 0.465 e. The van der Waals surface area contributed by atoms with Gasteiger partial charge in [0, 0.05) is 11.1 Å². The molecule has 0 radical (unpaired) electrons. The standard InChI is InChI=1S/C9H9F2N3O3/c10-6-1-4(8(12)14-17)2-7(11)5(6)3-13-9(15)16/h1-2,13,17H,3H2,(H2,12,14)(H,15,16). The summed E-state index contributed by atoms with van der Waals surface area (Å²) < 4.78 is 26.8. The van der Waals surface area contributed by atoms with Crippen molar-refractivity contribution in [2.24, 2.45) is 0 Å². The van der Waals surface area contributed by atoms with Crippen LogP contribution in [0.15, 0.2) is 12.1 Å². The number of benzene rings is 1. The molecule has 0 saturated heterocycles. The van der Waals surface area contributed by atoms with Crippen molar-refractivity contribution in [3.63, 3.8) is 0 Å². The third-order valence-electron chi connectivity index (χ3n) is 1.96. The highest BCUT2D eigenvalue weighted by Crippen LogP contribution is 2.15. The number of rotatable bonds is 3. The lowest BCUT2D eigenvalue weighted by atomic mass is 10.1. The van der Waals surface area contributed by atoms with Gasteiger partial charge in [0.15, 0.2) is 0 Å². The van der Waals surface area contributed by atoms with Crippen LogP contribution < -0.4 is 10.8 Å². The van der Waals surface area contributed by atoms with Crippen LogP contribution in [-0.2, 0) is 6.54 Å². The minimum absolute atomic E-state index is 0.193. The fraction of sp³-hybridized carbons (Fsp3) is 0.111. The number of halogens is 2. The summed E-state index contributed by atoms with van der Waals surface area (Å²) in [5.74, 6) is -2.58. The zero-order valence-electron chi connectivity index (χ0n) is 8.42. The van der Waals surface area contributed by atoms with Crippen LogP contribution in [0, 0.1) is 17.0 Å². The minimum Gasteiger partial charge on any atom is -0.465 e. The van der Waals surface area contributed by atoms with Gasteiger partial charge in [-0.25, -0.2) is 13.6 Å². The van der Waals surface area contributed by atoms with E-state index >= 15 is 0 Å². The second kappa shape index (κ2) is 5.21. The Morgan fingerprint density at radius 2 is 1.88 bits per heavy atom. The molecule has 1 aromatic carbocycles. The molecule has 8 heteroatoms. The van der Waals surface area contributed by atoms with E-state index in [2.05, 4.69) is 0 Å². The lowest BCUT2D eigenvalue weighted by Gasteiger charge is -2.08. The molecule has 92 valence electrons. The summed E-state index contributed by atoms with van der Waals surface area (Å²) in [5.41, 5.74) is 0.796. The number of nitrogens with one attached hydrogen (secondary N) is 3. The van der Waals surface area contributed by atoms with Crippen molar-refractivity contribution in [3.05, 3.63) is 34.9 Å². The van der Waals surface area contributed by atoms with Crippen molar-refractivity contribution in [1.82, 2.24) is 10.8 Å². The molecule has 0 aliphatic heterocycles. The Hall–Kier alpha value is -2.22. The van der Waals surface area contributed by atoms with Crippen molar-refractivity contribution < 1.29 is 23.9 Å². The van der Waals surface area contributed by atoms with Crippen molar-refractivity contribution in [3.8, 4) is 0 Å². The molecule has 0 heterocycles. The molecule has 0 unspecified atom stereocenters. The second-order valence-electron chi connectivity index (χ2n) is 3.06. The summed E-state index contributed by atoms with van der Waals surface area (Å²) in [6.45, 7) is -0.521. The molecular weight excluding hydrogens is 236 g/mol. The Kier molecular flexibility index (Phi) is 3.94. The van der Waals surface area contributed by atoms with E-state index in [1.807, 2.05) is 5.32 Å². The number of hydrogen-bond acceptors (Lipinski definition) is 3. The monoisotopic (exact) mass is 245 g/mol. The third-order valence-corrected chi connectivity index (χ3v) is 1.96. The van der Waals surface area contributed by atoms with Gasteiger partial charge in [-0.2, -0.15) is 0 Å². The van der Waals surface area contributed by atoms with Crippen LogP contribution in [0.5, 0.6) is 0 Å². The van der Waals surface area contributed by atoms with E-state index < -0.39 is 35.7 Å². The lowest BCUT2D eigenvalue weighted by Crippen LogP contribution is -2.23. The first-order chi connectivity index (χ1) is 7.95. The molecule has 5 N–H and O–H groups in total. The smallest absolute Gasteiger partial charge is 0.404 e. The SMILES string of the molecule is N=C(NO)c1cc(F)c(CNC(=O)O)c(F)c1. The Balaban J connectivity index is 3.02. The van der Waals surface area contributed by atoms with Crippen LogP contribution in [0.4, 0.5) is 13.6 Å². The zero-order valence-corrected chi connectivity index (χ0v) is 8.42. The van der Waals surface area contributed by atoms with Gasteiger partial charge < -0.3 is 10.4 Å². The minimum atomic E-state index is -1.40. The molecule has 0 spiro atoms. The van der Waals surface area contributed by atoms with Crippen molar-refractivity contribution in [1.29, 1.82) is 5.41 Å². The topological polar surface area (TPSA) is 105 Å². The maximum absolute atomic E-state index is 13.4. The number of carbonyl (C=O) groups is 1. The van der Waals surface area contributed by atoms with E-state index in [1.165, 1.54) is 5.48 Å². The molecule has 6 nitrogen and oxygen atoms in total. The van der Waals surface area contributed by atoms with Gasteiger partial charge in [-0.05, 0) is 12.1 Å². The predicted octanol–water partition coefficient (Wildman–Crippen LogP) is 1.04. The Morgan fingerprint density at radius 1 is 1.35 bits per heavy atom. The van der Waals surface area contributed by atoms with Crippen LogP contribution in [-0.4, -0.2) is 22.2 Å². The molecule has 1 amide bonds. The number of carboxylic acid groups (broad SMARTS) is 1. The first-order valence-electron chi connectivity index (χ1n) is 4.39. The third kappa shape index (κ3) is 3.11. The van der Waals surface area contributed by atoms with Gasteiger partial charge in [0.25, 0.3) is 0 Å². The summed E-state index contributed by atoms with van der Waals surface area (Å²) in [4.78, 5) is 10.2. The van der Waals surface area contributed by atoms with Gasteiger partial charge in [-0.1, -0.05) is 0 Å². The molecule has 0 saturated carbocycles. The second-order valence-corrected chi connectivity index (χ2v) is 3.06. The average molecular weight is 245 g/mol. The summed E-state index contributed by atoms with van der Waals surface area (Å²) in [5, 5.41) is 25.6. The van der Waals surface area contributed by atoms with Gasteiger partial charge in [0.2, 0.25) is 0 Å². The Bertz CT molecular complexity index is 442. The van der Waals surface area contributed by atoms with E-state index in [4.69, 9.17) is 15.7 Å². The van der Waals surface area contributed by atoms with Crippen LogP contribution >= 0.6 is 0 Å². The summed E-state index contributed by atoms with van der Waals surface area (Å²) in [6, 6.07) is 1.63. The quantitative estimate of drug-likeness (QED) is 0.311. The Morgan fingerprint density at radius 3 is 2.29 bits per heavy atom. The summed E-state index contributed by atoms with van der Waals surface area (Å²) in [7, 11) is 0. The molecule has 17 heavy (non-hydrogen) atoms. The normalized spacial score (nSPS) is 9.82. The molecular formula is C9H9F2N3O3. The van der Waals surface area contributed by atoms with Gasteiger partial charge >= 0.3 is 6.09 Å². The maximum atomic E-state index is 13.4. The molecule has 0 bridgehead atoms. The van der Waals surface area contributed by atoms with Crippen LogP contribution in [0.1, 0.15) is 11.1 Å². The van der Waals surface area contributed by atoms with Gasteiger partial charge in [-0.3, -0.25) is 16.1 Å².